The first-order valence-electron chi connectivity index (χ1n) is 12.8. The largest absolute Gasteiger partial charge is 0.379 e. The Bertz CT molecular complexity index is 1280. The van der Waals surface area contributed by atoms with Crippen molar-refractivity contribution in [3.8, 4) is 0 Å². The van der Waals surface area contributed by atoms with E-state index in [-0.39, 0.29) is 28.6 Å². The Kier molecular flexibility index (Phi) is 9.60. The summed E-state index contributed by atoms with van der Waals surface area (Å²) in [6, 6.07) is 5.24. The number of hydrogen-bond donors (Lipinski definition) is 2. The van der Waals surface area contributed by atoms with Crippen LogP contribution in [0.25, 0.3) is 16.7 Å². The zero-order chi connectivity index (χ0) is 25.4. The fraction of sp³-hybridized carbons (Fsp3) is 0.556. The van der Waals surface area contributed by atoms with Crippen LogP contribution in [0.1, 0.15) is 81.6 Å². The molecule has 0 radical (unpaired) electrons. The van der Waals surface area contributed by atoms with Crippen LogP contribution in [-0.2, 0) is 11.3 Å². The smallest absolute Gasteiger partial charge is 0.267 e. The lowest BCUT2D eigenvalue weighted by molar-refractivity contribution is 0.0748. The van der Waals surface area contributed by atoms with Gasteiger partial charge in [-0.3, -0.25) is 19.4 Å². The molecule has 1 amide bonds. The minimum Gasteiger partial charge on any atom is -0.379 e. The summed E-state index contributed by atoms with van der Waals surface area (Å²) in [7, 11) is 0. The van der Waals surface area contributed by atoms with E-state index in [1.54, 1.807) is 10.8 Å². The van der Waals surface area contributed by atoms with E-state index in [1.807, 2.05) is 32.9 Å². The van der Waals surface area contributed by atoms with Crippen LogP contribution in [0.15, 0.2) is 29.2 Å². The molecule has 0 unspecified atom stereocenters. The van der Waals surface area contributed by atoms with Crippen LogP contribution < -0.4 is 16.4 Å². The van der Waals surface area contributed by atoms with Gasteiger partial charge in [0.15, 0.2) is 0 Å². The monoisotopic (exact) mass is 481 g/mol. The van der Waals surface area contributed by atoms with Crippen molar-refractivity contribution in [3.63, 3.8) is 0 Å². The molecule has 35 heavy (non-hydrogen) atoms. The summed E-state index contributed by atoms with van der Waals surface area (Å²) in [6.45, 7) is 9.55. The second kappa shape index (κ2) is 12.6. The molecule has 8 nitrogen and oxygen atoms in total. The van der Waals surface area contributed by atoms with Crippen molar-refractivity contribution in [2.75, 3.05) is 13.2 Å². The number of carbonyl (C=O) groups is 1. The summed E-state index contributed by atoms with van der Waals surface area (Å²) in [5.74, 6) is -0.327. The van der Waals surface area contributed by atoms with Crippen molar-refractivity contribution in [2.24, 2.45) is 0 Å². The number of rotatable bonds is 13. The number of nitrogens with one attached hydrogen (secondary N) is 2. The predicted molar refractivity (Wildman–Crippen MR) is 139 cm³/mol. The van der Waals surface area contributed by atoms with Crippen molar-refractivity contribution >= 4 is 22.6 Å². The zero-order valence-electron chi connectivity index (χ0n) is 21.5. The Morgan fingerprint density at radius 3 is 2.63 bits per heavy atom. The van der Waals surface area contributed by atoms with Gasteiger partial charge in [0.1, 0.15) is 16.8 Å². The van der Waals surface area contributed by atoms with Gasteiger partial charge in [0.05, 0.1) is 17.1 Å². The first-order chi connectivity index (χ1) is 16.8. The van der Waals surface area contributed by atoms with E-state index in [4.69, 9.17) is 15.1 Å². The van der Waals surface area contributed by atoms with E-state index in [9.17, 15) is 9.59 Å². The molecule has 2 N–H and O–H groups in total. The van der Waals surface area contributed by atoms with E-state index < -0.39 is 0 Å². The van der Waals surface area contributed by atoms with Crippen LogP contribution in [0.4, 0.5) is 0 Å². The van der Waals surface area contributed by atoms with Gasteiger partial charge in [0, 0.05) is 25.9 Å². The van der Waals surface area contributed by atoms with Gasteiger partial charge in [0.2, 0.25) is 0 Å². The maximum atomic E-state index is 13.4. The Balaban J connectivity index is 1.94. The molecular formula is C27H39N5O3. The van der Waals surface area contributed by atoms with Gasteiger partial charge in [-0.1, -0.05) is 45.1 Å². The van der Waals surface area contributed by atoms with Crippen molar-refractivity contribution in [2.45, 2.75) is 85.3 Å². The number of aryl methyl sites for hydroxylation is 2. The Labute approximate surface area is 206 Å². The third-order valence-corrected chi connectivity index (χ3v) is 6.17. The van der Waals surface area contributed by atoms with Gasteiger partial charge < -0.3 is 14.6 Å². The molecule has 0 fully saturated rings. The number of hydrogen-bond acceptors (Lipinski definition) is 5. The molecule has 190 valence electrons. The second-order valence-electron chi connectivity index (χ2n) is 9.39. The number of amides is 1. The van der Waals surface area contributed by atoms with E-state index in [0.717, 1.165) is 24.8 Å². The standard InChI is InChI=1S/C27H39N5O3/c1-5-6-7-8-9-10-14-29-26(33)21-18-22-25(31(23(21)28)16-12-17-35-19(2)3)30-24-20(4)13-11-15-32(24)27(22)34/h11,13,15,18-19,28H,5-10,12,14,16-17H2,1-4H3,(H,29,33). The lowest BCUT2D eigenvalue weighted by Gasteiger charge is -2.16. The minimum atomic E-state index is -0.327. The highest BCUT2D eigenvalue weighted by Gasteiger charge is 2.18. The number of carbonyl (C=O) groups excluding carboxylic acids is 1. The average Bonchev–Trinajstić information content (AvgIpc) is 2.82. The van der Waals surface area contributed by atoms with Gasteiger partial charge >= 0.3 is 0 Å². The van der Waals surface area contributed by atoms with Crippen LogP contribution in [0, 0.1) is 12.3 Å². The maximum absolute atomic E-state index is 13.4. The predicted octanol–water partition coefficient (Wildman–Crippen LogP) is 4.34. The molecule has 0 bridgehead atoms. The van der Waals surface area contributed by atoms with Crippen LogP contribution in [0.5, 0.6) is 0 Å². The maximum Gasteiger partial charge on any atom is 0.267 e. The molecule has 0 spiro atoms. The molecule has 0 saturated carbocycles. The molecule has 0 aromatic carbocycles. The molecular weight excluding hydrogens is 442 g/mol. The van der Waals surface area contributed by atoms with Crippen molar-refractivity contribution in [1.29, 1.82) is 5.41 Å². The number of aromatic nitrogens is 3. The Morgan fingerprint density at radius 1 is 1.14 bits per heavy atom. The summed E-state index contributed by atoms with van der Waals surface area (Å²) in [6.07, 6.45) is 9.24. The van der Waals surface area contributed by atoms with Crippen molar-refractivity contribution in [1.82, 2.24) is 19.3 Å². The number of unbranched alkanes of at least 4 members (excludes halogenated alkanes) is 5. The second-order valence-corrected chi connectivity index (χ2v) is 9.39. The summed E-state index contributed by atoms with van der Waals surface area (Å²) in [5.41, 5.74) is 1.86. The highest BCUT2D eigenvalue weighted by Crippen LogP contribution is 2.13. The molecule has 0 aliphatic carbocycles. The third kappa shape index (κ3) is 6.57. The van der Waals surface area contributed by atoms with Crippen molar-refractivity contribution < 1.29 is 9.53 Å². The molecule has 0 aliphatic heterocycles. The number of pyridine rings is 2. The van der Waals surface area contributed by atoms with Crippen LogP contribution in [0.2, 0.25) is 0 Å². The lowest BCUT2D eigenvalue weighted by Crippen LogP contribution is -2.35. The number of fused-ring (bicyclic) bond motifs is 2. The first kappa shape index (κ1) is 26.6. The van der Waals surface area contributed by atoms with Gasteiger partial charge in [0.25, 0.3) is 11.5 Å². The van der Waals surface area contributed by atoms with Gasteiger partial charge in [-0.25, -0.2) is 4.98 Å². The fourth-order valence-electron chi connectivity index (χ4n) is 4.23. The number of nitrogens with zero attached hydrogens (tertiary/aromatic N) is 3. The summed E-state index contributed by atoms with van der Waals surface area (Å²) in [4.78, 5) is 31.2. The van der Waals surface area contributed by atoms with E-state index in [0.29, 0.717) is 42.8 Å². The molecule has 3 rings (SSSR count). The highest BCUT2D eigenvalue weighted by atomic mass is 16.5. The Morgan fingerprint density at radius 2 is 1.89 bits per heavy atom. The third-order valence-electron chi connectivity index (χ3n) is 6.17. The summed E-state index contributed by atoms with van der Waals surface area (Å²) >= 11 is 0. The topological polar surface area (TPSA) is 101 Å². The van der Waals surface area contributed by atoms with E-state index in [2.05, 4.69) is 12.2 Å². The van der Waals surface area contributed by atoms with Crippen LogP contribution >= 0.6 is 0 Å². The molecule has 0 atom stereocenters. The van der Waals surface area contributed by atoms with E-state index >= 15 is 0 Å². The Hall–Kier alpha value is -3.00. The van der Waals surface area contributed by atoms with E-state index in [1.165, 1.54) is 29.7 Å². The molecule has 0 aliphatic rings. The lowest BCUT2D eigenvalue weighted by atomic mass is 10.1. The van der Waals surface area contributed by atoms with Crippen molar-refractivity contribution in [3.05, 3.63) is 51.4 Å². The zero-order valence-corrected chi connectivity index (χ0v) is 21.5. The fourth-order valence-corrected chi connectivity index (χ4v) is 4.23. The summed E-state index contributed by atoms with van der Waals surface area (Å²) < 4.78 is 8.85. The highest BCUT2D eigenvalue weighted by molar-refractivity contribution is 5.96. The molecule has 3 aromatic heterocycles. The quantitative estimate of drug-likeness (QED) is 0.280. The number of ether oxygens (including phenoxy) is 1. The normalized spacial score (nSPS) is 11.6. The SMILES string of the molecule is CCCCCCCCNC(=O)c1cc2c(=O)n3cccc(C)c3nc2n(CCCOC(C)C)c1=N. The minimum absolute atomic E-state index is 0.0623. The van der Waals surface area contributed by atoms with Gasteiger partial charge in [-0.05, 0) is 51.3 Å². The van der Waals surface area contributed by atoms with Crippen LogP contribution in [-0.4, -0.2) is 39.1 Å². The molecule has 3 heterocycles. The van der Waals surface area contributed by atoms with Crippen LogP contribution in [0.3, 0.4) is 0 Å². The molecule has 8 heteroatoms. The van der Waals surface area contributed by atoms with Gasteiger partial charge in [-0.15, -0.1) is 0 Å². The summed E-state index contributed by atoms with van der Waals surface area (Å²) in [5, 5.41) is 12.1. The molecule has 3 aromatic rings. The first-order valence-corrected chi connectivity index (χ1v) is 12.8. The molecule has 0 saturated heterocycles. The van der Waals surface area contributed by atoms with Gasteiger partial charge in [-0.2, -0.15) is 0 Å². The average molecular weight is 482 g/mol.